The first-order valence-corrected chi connectivity index (χ1v) is 14.3. The molecule has 0 spiro atoms. The van der Waals surface area contributed by atoms with E-state index < -0.39 is 5.97 Å². The van der Waals surface area contributed by atoms with E-state index in [1.807, 2.05) is 24.3 Å². The van der Waals surface area contributed by atoms with Crippen LogP contribution in [-0.2, 0) is 16.0 Å². The van der Waals surface area contributed by atoms with E-state index in [9.17, 15) is 9.59 Å². The molecule has 5 rings (SSSR count). The third kappa shape index (κ3) is 7.27. The number of aromatic nitrogens is 2. The molecule has 41 heavy (non-hydrogen) atoms. The van der Waals surface area contributed by atoms with Crippen molar-refractivity contribution in [2.24, 2.45) is 0 Å². The Balaban J connectivity index is 1.31. The lowest BCUT2D eigenvalue weighted by Crippen LogP contribution is -2.38. The zero-order valence-electron chi connectivity index (χ0n) is 22.2. The minimum Gasteiger partial charge on any atom is -0.492 e. The second-order valence-electron chi connectivity index (χ2n) is 9.44. The number of thiocarbonyl (C=S) groups is 1. The van der Waals surface area contributed by atoms with E-state index >= 15 is 0 Å². The summed E-state index contributed by atoms with van der Waals surface area (Å²) in [6.07, 6.45) is 3.96. The summed E-state index contributed by atoms with van der Waals surface area (Å²) in [6.45, 7) is 4.90. The van der Waals surface area contributed by atoms with Crippen molar-refractivity contribution in [1.29, 1.82) is 0 Å². The molecule has 10 nitrogen and oxygen atoms in total. The predicted octanol–water partition coefficient (Wildman–Crippen LogP) is 3.58. The molecule has 0 atom stereocenters. The first-order chi connectivity index (χ1) is 19.9. The number of nitrogen functional groups attached to an aromatic ring is 1. The number of hydrogen-bond donors (Lipinski definition) is 2. The first-order valence-electron chi connectivity index (χ1n) is 13.1. The van der Waals surface area contributed by atoms with E-state index in [-0.39, 0.29) is 17.4 Å². The van der Waals surface area contributed by atoms with Crippen molar-refractivity contribution in [3.05, 3.63) is 76.3 Å². The number of nitrogens with two attached hydrogens (primary N) is 1. The third-order valence-electron chi connectivity index (χ3n) is 6.72. The normalized spacial score (nSPS) is 16.9. The van der Waals surface area contributed by atoms with Gasteiger partial charge in [-0.25, -0.2) is 14.8 Å². The van der Waals surface area contributed by atoms with Crippen molar-refractivity contribution < 1.29 is 24.2 Å². The molecular weight excluding hydrogens is 562 g/mol. The molecule has 12 heteroatoms. The lowest BCUT2D eigenvalue weighted by molar-refractivity contribution is -0.122. The molecule has 0 bridgehead atoms. The highest BCUT2D eigenvalue weighted by molar-refractivity contribution is 8.26. The number of ether oxygens (including phenoxy) is 2. The molecule has 0 unspecified atom stereocenters. The lowest BCUT2D eigenvalue weighted by Gasteiger charge is -2.26. The van der Waals surface area contributed by atoms with Crippen LogP contribution in [0.15, 0.2) is 59.6 Å². The third-order valence-corrected chi connectivity index (χ3v) is 8.10. The molecule has 1 aromatic heterocycles. The molecule has 1 amide bonds. The molecule has 3 N–H and O–H groups in total. The van der Waals surface area contributed by atoms with Crippen LogP contribution in [0.2, 0.25) is 0 Å². The first kappa shape index (κ1) is 28.7. The minimum atomic E-state index is -0.974. The van der Waals surface area contributed by atoms with Gasteiger partial charge in [0.05, 0.1) is 29.4 Å². The Bertz CT molecular complexity index is 1470. The number of carbonyl (C=O) groups excluding carboxylic acids is 1. The number of nitrogens with zero attached hydrogens (tertiary/aromatic N) is 4. The maximum absolute atomic E-state index is 13.2. The topological polar surface area (TPSA) is 131 Å². The average molecular weight is 592 g/mol. The quantitative estimate of drug-likeness (QED) is 0.265. The van der Waals surface area contributed by atoms with Crippen molar-refractivity contribution >= 4 is 52.2 Å². The van der Waals surface area contributed by atoms with Gasteiger partial charge in [0.25, 0.3) is 5.91 Å². The largest absolute Gasteiger partial charge is 0.492 e. The monoisotopic (exact) mass is 591 g/mol. The molecule has 3 aromatic rings. The number of thioether (sulfide) groups is 1. The highest BCUT2D eigenvalue weighted by Gasteiger charge is 2.31. The second kappa shape index (κ2) is 13.2. The Labute approximate surface area is 247 Å². The number of carboxylic acid groups (broad SMARTS) is 1. The van der Waals surface area contributed by atoms with E-state index in [0.717, 1.165) is 49.5 Å². The van der Waals surface area contributed by atoms with Gasteiger partial charge in [-0.1, -0.05) is 42.2 Å². The summed E-state index contributed by atoms with van der Waals surface area (Å²) in [7, 11) is 0. The highest BCUT2D eigenvalue weighted by atomic mass is 32.2. The fraction of sp³-hybridized carbons (Fsp3) is 0.276. The smallest absolute Gasteiger partial charge is 0.335 e. The summed E-state index contributed by atoms with van der Waals surface area (Å²) in [5.74, 6) is -0.320. The van der Waals surface area contributed by atoms with Crippen LogP contribution in [-0.4, -0.2) is 87.1 Å². The molecule has 2 aliphatic rings. The number of benzene rings is 2. The van der Waals surface area contributed by atoms with E-state index in [4.69, 9.17) is 32.5 Å². The zero-order chi connectivity index (χ0) is 28.8. The summed E-state index contributed by atoms with van der Waals surface area (Å²) in [5.41, 5.74) is 9.17. The molecule has 0 aliphatic carbocycles. The lowest BCUT2D eigenvalue weighted by atomic mass is 10.1. The second-order valence-corrected chi connectivity index (χ2v) is 11.1. The zero-order valence-corrected chi connectivity index (χ0v) is 23.8. The maximum atomic E-state index is 13.2. The number of carbonyl (C=O) groups is 2. The van der Waals surface area contributed by atoms with Crippen molar-refractivity contribution in [3.63, 3.8) is 0 Å². The number of hydrogen-bond acceptors (Lipinski definition) is 10. The van der Waals surface area contributed by atoms with Crippen LogP contribution in [0.3, 0.4) is 0 Å². The summed E-state index contributed by atoms with van der Waals surface area (Å²) in [5, 5.41) is 9.09. The minimum absolute atomic E-state index is 0.158. The molecule has 212 valence electrons. The molecule has 2 saturated heterocycles. The molecular formula is C29H29N5O5S2. The van der Waals surface area contributed by atoms with Gasteiger partial charge in [0, 0.05) is 37.9 Å². The standard InChI is InChI=1S/C29H29N5O5S2/c30-28-31-9-7-23(32-28)22-17-20(3-6-24(22)39-16-13-33-11-14-38-15-12-33)18-25-26(35)34(29(40)41-25)10-8-19-1-4-21(5-2-19)27(36)37/h1-7,9,17-18H,8,10-16H2,(H,36,37)(H2,30,31,32). The molecule has 0 saturated carbocycles. The summed E-state index contributed by atoms with van der Waals surface area (Å²) in [6, 6.07) is 14.1. The Morgan fingerprint density at radius 1 is 1.15 bits per heavy atom. The van der Waals surface area contributed by atoms with Crippen LogP contribution >= 0.6 is 24.0 Å². The number of morpholine rings is 1. The van der Waals surface area contributed by atoms with Gasteiger partial charge >= 0.3 is 5.97 Å². The number of carboxylic acids is 1. The summed E-state index contributed by atoms with van der Waals surface area (Å²) in [4.78, 5) is 37.1. The summed E-state index contributed by atoms with van der Waals surface area (Å²) >= 11 is 6.76. The van der Waals surface area contributed by atoms with E-state index in [1.54, 1.807) is 41.4 Å². The Morgan fingerprint density at radius 2 is 1.93 bits per heavy atom. The Kier molecular flexibility index (Phi) is 9.24. The van der Waals surface area contributed by atoms with Gasteiger partial charge in [-0.05, 0) is 54.0 Å². The molecule has 2 aromatic carbocycles. The van der Waals surface area contributed by atoms with Crippen LogP contribution in [0, 0.1) is 0 Å². The van der Waals surface area contributed by atoms with Gasteiger partial charge in [-0.2, -0.15) is 0 Å². The van der Waals surface area contributed by atoms with Crippen LogP contribution in [0.4, 0.5) is 5.95 Å². The van der Waals surface area contributed by atoms with Crippen molar-refractivity contribution in [3.8, 4) is 17.0 Å². The average Bonchev–Trinajstić information content (AvgIpc) is 3.24. The van der Waals surface area contributed by atoms with Crippen molar-refractivity contribution in [2.75, 3.05) is 51.7 Å². The number of anilines is 1. The highest BCUT2D eigenvalue weighted by Crippen LogP contribution is 2.35. The van der Waals surface area contributed by atoms with Crippen molar-refractivity contribution in [2.45, 2.75) is 6.42 Å². The van der Waals surface area contributed by atoms with Crippen LogP contribution in [0.25, 0.3) is 17.3 Å². The van der Waals surface area contributed by atoms with Gasteiger partial charge < -0.3 is 20.3 Å². The van der Waals surface area contributed by atoms with Crippen LogP contribution in [0.1, 0.15) is 21.5 Å². The van der Waals surface area contributed by atoms with E-state index in [0.29, 0.717) is 40.2 Å². The van der Waals surface area contributed by atoms with E-state index in [2.05, 4.69) is 14.9 Å². The Hall–Kier alpha value is -3.84. The molecule has 3 heterocycles. The molecule has 2 aliphatic heterocycles. The maximum Gasteiger partial charge on any atom is 0.335 e. The molecule has 2 fully saturated rings. The van der Waals surface area contributed by atoms with Crippen LogP contribution in [0.5, 0.6) is 5.75 Å². The van der Waals surface area contributed by atoms with Gasteiger partial charge in [-0.3, -0.25) is 14.6 Å². The number of rotatable bonds is 10. The van der Waals surface area contributed by atoms with E-state index in [1.165, 1.54) is 11.8 Å². The van der Waals surface area contributed by atoms with Gasteiger partial charge in [-0.15, -0.1) is 0 Å². The SMILES string of the molecule is Nc1nccc(-c2cc(C=C3SC(=S)N(CCc4ccc(C(=O)O)cc4)C3=O)ccc2OCCN2CCOCC2)n1. The Morgan fingerprint density at radius 3 is 2.66 bits per heavy atom. The fourth-order valence-corrected chi connectivity index (χ4v) is 5.80. The molecule has 0 radical (unpaired) electrons. The van der Waals surface area contributed by atoms with Gasteiger partial charge in [0.2, 0.25) is 5.95 Å². The van der Waals surface area contributed by atoms with Gasteiger partial charge in [0.1, 0.15) is 16.7 Å². The summed E-state index contributed by atoms with van der Waals surface area (Å²) < 4.78 is 12.1. The number of amides is 1. The van der Waals surface area contributed by atoms with Crippen molar-refractivity contribution in [1.82, 2.24) is 19.8 Å². The van der Waals surface area contributed by atoms with Gasteiger partial charge in [0.15, 0.2) is 0 Å². The predicted molar refractivity (Wildman–Crippen MR) is 162 cm³/mol. The number of aromatic carboxylic acids is 1. The van der Waals surface area contributed by atoms with Crippen LogP contribution < -0.4 is 10.5 Å². The fourth-order valence-electron chi connectivity index (χ4n) is 4.50.